The van der Waals surface area contributed by atoms with Gasteiger partial charge in [0.2, 0.25) is 5.91 Å². The quantitative estimate of drug-likeness (QED) is 0.559. The van der Waals surface area contributed by atoms with Crippen molar-refractivity contribution in [2.24, 2.45) is 5.92 Å². The van der Waals surface area contributed by atoms with Crippen LogP contribution in [0.25, 0.3) is 10.9 Å². The van der Waals surface area contributed by atoms with Crippen molar-refractivity contribution in [3.63, 3.8) is 0 Å². The molecule has 0 unspecified atom stereocenters. The van der Waals surface area contributed by atoms with Gasteiger partial charge in [0.25, 0.3) is 5.56 Å². The summed E-state index contributed by atoms with van der Waals surface area (Å²) in [4.78, 5) is 28.6. The highest BCUT2D eigenvalue weighted by Crippen LogP contribution is 2.31. The third-order valence-corrected chi connectivity index (χ3v) is 6.21. The minimum atomic E-state index is -0.191. The highest BCUT2D eigenvalue weighted by atomic mass is 32.1. The molecule has 31 heavy (non-hydrogen) atoms. The van der Waals surface area contributed by atoms with Crippen molar-refractivity contribution in [2.45, 2.75) is 71.9 Å². The zero-order valence-corrected chi connectivity index (χ0v) is 19.5. The summed E-state index contributed by atoms with van der Waals surface area (Å²) >= 11 is 5.42. The van der Waals surface area contributed by atoms with Crippen LogP contribution in [0.2, 0.25) is 0 Å². The number of nitrogens with zero attached hydrogens (tertiary/aromatic N) is 1. The number of carbonyl (C=O) groups excluding carboxylic acids is 1. The molecule has 8 heteroatoms. The van der Waals surface area contributed by atoms with Crippen molar-refractivity contribution in [1.29, 1.82) is 0 Å². The molecule has 1 saturated carbocycles. The third-order valence-electron chi connectivity index (χ3n) is 5.89. The first kappa shape index (κ1) is 23.3. The van der Waals surface area contributed by atoms with Crippen LogP contribution in [0.5, 0.6) is 11.5 Å². The average Bonchev–Trinajstić information content (AvgIpc) is 2.73. The standard InChI is InChI=1S/C23H33N3O4S/c1-4-29-19-13-16-18(14-20(19)30-5-2)25-23(31)26(22(16)28)12-8-11-21(27)24-17-10-7-6-9-15(17)3/h13-15,17H,4-12H2,1-3H3,(H,24,27)(H,25,31)/t15-,17+/m1/s1. The summed E-state index contributed by atoms with van der Waals surface area (Å²) in [5, 5.41) is 3.65. The van der Waals surface area contributed by atoms with Crippen LogP contribution >= 0.6 is 12.2 Å². The van der Waals surface area contributed by atoms with E-state index in [0.717, 1.165) is 6.42 Å². The summed E-state index contributed by atoms with van der Waals surface area (Å²) < 4.78 is 13.1. The zero-order valence-electron chi connectivity index (χ0n) is 18.7. The van der Waals surface area contributed by atoms with E-state index in [1.807, 2.05) is 13.8 Å². The van der Waals surface area contributed by atoms with E-state index in [1.54, 1.807) is 12.1 Å². The van der Waals surface area contributed by atoms with Crippen LogP contribution in [0.15, 0.2) is 16.9 Å². The second kappa shape index (κ2) is 10.8. The van der Waals surface area contributed by atoms with Crippen LogP contribution in [0.4, 0.5) is 0 Å². The lowest BCUT2D eigenvalue weighted by Crippen LogP contribution is -2.41. The number of fused-ring (bicyclic) bond motifs is 1. The first-order valence-corrected chi connectivity index (χ1v) is 11.7. The third kappa shape index (κ3) is 5.67. The fraction of sp³-hybridized carbons (Fsp3) is 0.609. The van der Waals surface area contributed by atoms with Gasteiger partial charge in [0.05, 0.1) is 24.1 Å². The molecular formula is C23H33N3O4S. The van der Waals surface area contributed by atoms with Crippen molar-refractivity contribution in [3.8, 4) is 11.5 Å². The van der Waals surface area contributed by atoms with E-state index >= 15 is 0 Å². The molecule has 0 spiro atoms. The number of ether oxygens (including phenoxy) is 2. The Morgan fingerprint density at radius 3 is 2.55 bits per heavy atom. The zero-order chi connectivity index (χ0) is 22.4. The number of benzene rings is 1. The second-order valence-electron chi connectivity index (χ2n) is 8.14. The Hall–Kier alpha value is -2.35. The maximum absolute atomic E-state index is 13.1. The van der Waals surface area contributed by atoms with Crippen LogP contribution in [0.1, 0.15) is 59.3 Å². The predicted molar refractivity (Wildman–Crippen MR) is 125 cm³/mol. The fourth-order valence-corrected chi connectivity index (χ4v) is 4.49. The van der Waals surface area contributed by atoms with E-state index in [0.29, 0.717) is 65.7 Å². The van der Waals surface area contributed by atoms with E-state index in [-0.39, 0.29) is 17.5 Å². The molecule has 1 aliphatic rings. The topological polar surface area (TPSA) is 85.4 Å². The largest absolute Gasteiger partial charge is 0.490 e. The van der Waals surface area contributed by atoms with Crippen molar-refractivity contribution < 1.29 is 14.3 Å². The Bertz CT molecular complexity index is 1030. The molecule has 3 rings (SSSR count). The van der Waals surface area contributed by atoms with Crippen molar-refractivity contribution in [2.75, 3.05) is 13.2 Å². The highest BCUT2D eigenvalue weighted by Gasteiger charge is 2.22. The van der Waals surface area contributed by atoms with Gasteiger partial charge in [-0.15, -0.1) is 0 Å². The van der Waals surface area contributed by atoms with Gasteiger partial charge in [-0.3, -0.25) is 14.2 Å². The van der Waals surface area contributed by atoms with Crippen LogP contribution in [-0.2, 0) is 11.3 Å². The van der Waals surface area contributed by atoms with Gasteiger partial charge < -0.3 is 19.8 Å². The second-order valence-corrected chi connectivity index (χ2v) is 8.52. The van der Waals surface area contributed by atoms with E-state index in [1.165, 1.54) is 23.8 Å². The number of nitrogens with one attached hydrogen (secondary N) is 2. The summed E-state index contributed by atoms with van der Waals surface area (Å²) in [6, 6.07) is 3.72. The molecule has 2 aromatic rings. The van der Waals surface area contributed by atoms with Gasteiger partial charge >= 0.3 is 0 Å². The van der Waals surface area contributed by atoms with Crippen molar-refractivity contribution >= 4 is 29.0 Å². The van der Waals surface area contributed by atoms with E-state index in [2.05, 4.69) is 17.2 Å². The van der Waals surface area contributed by atoms with E-state index < -0.39 is 0 Å². The summed E-state index contributed by atoms with van der Waals surface area (Å²) in [7, 11) is 0. The Morgan fingerprint density at radius 2 is 1.87 bits per heavy atom. The first-order valence-electron chi connectivity index (χ1n) is 11.3. The number of amides is 1. The number of hydrogen-bond donors (Lipinski definition) is 2. The molecule has 170 valence electrons. The number of aromatic amines is 1. The lowest BCUT2D eigenvalue weighted by molar-refractivity contribution is -0.122. The number of hydrogen-bond acceptors (Lipinski definition) is 5. The maximum atomic E-state index is 13.1. The molecule has 2 N–H and O–H groups in total. The fourth-order valence-electron chi connectivity index (χ4n) is 4.21. The lowest BCUT2D eigenvalue weighted by Gasteiger charge is -2.29. The molecule has 0 radical (unpaired) electrons. The Labute approximate surface area is 188 Å². The minimum absolute atomic E-state index is 0.0440. The molecule has 1 aromatic heterocycles. The molecule has 1 heterocycles. The SMILES string of the molecule is CCOc1cc2[nH]c(=S)n(CCCC(=O)N[C@H]3CCCC[C@H]3C)c(=O)c2cc1OCC. The lowest BCUT2D eigenvalue weighted by atomic mass is 9.86. The Morgan fingerprint density at radius 1 is 1.19 bits per heavy atom. The number of carbonyl (C=O) groups is 1. The van der Waals surface area contributed by atoms with Gasteiger partial charge in [-0.25, -0.2) is 0 Å². The van der Waals surface area contributed by atoms with Crippen LogP contribution in [0.3, 0.4) is 0 Å². The molecule has 0 bridgehead atoms. The van der Waals surface area contributed by atoms with Crippen LogP contribution in [-0.4, -0.2) is 34.7 Å². The predicted octanol–water partition coefficient (Wildman–Crippen LogP) is 4.33. The molecular weight excluding hydrogens is 414 g/mol. The molecule has 1 fully saturated rings. The van der Waals surface area contributed by atoms with Crippen LogP contribution in [0, 0.1) is 10.7 Å². The Balaban J connectivity index is 1.73. The van der Waals surface area contributed by atoms with Gasteiger partial charge in [0.1, 0.15) is 0 Å². The minimum Gasteiger partial charge on any atom is -0.490 e. The molecule has 1 aliphatic carbocycles. The number of rotatable bonds is 9. The van der Waals surface area contributed by atoms with Crippen molar-refractivity contribution in [1.82, 2.24) is 14.9 Å². The summed E-state index contributed by atoms with van der Waals surface area (Å²) in [6.45, 7) is 7.32. The average molecular weight is 448 g/mol. The van der Waals surface area contributed by atoms with Crippen LogP contribution < -0.4 is 20.3 Å². The van der Waals surface area contributed by atoms with Crippen molar-refractivity contribution in [3.05, 3.63) is 27.3 Å². The summed E-state index contributed by atoms with van der Waals surface area (Å²) in [6.07, 6.45) is 5.55. The number of aromatic nitrogens is 2. The summed E-state index contributed by atoms with van der Waals surface area (Å²) in [5.41, 5.74) is 0.422. The molecule has 0 aliphatic heterocycles. The molecule has 7 nitrogen and oxygen atoms in total. The van der Waals surface area contributed by atoms with Gasteiger partial charge in [-0.1, -0.05) is 19.8 Å². The van der Waals surface area contributed by atoms with Gasteiger partial charge in [0.15, 0.2) is 16.3 Å². The number of H-pyrrole nitrogens is 1. The van der Waals surface area contributed by atoms with Gasteiger partial charge in [-0.05, 0) is 57.3 Å². The van der Waals surface area contributed by atoms with E-state index in [4.69, 9.17) is 21.7 Å². The normalized spacial score (nSPS) is 18.7. The van der Waals surface area contributed by atoms with Gasteiger partial charge in [-0.2, -0.15) is 0 Å². The highest BCUT2D eigenvalue weighted by molar-refractivity contribution is 7.71. The molecule has 2 atom stereocenters. The monoisotopic (exact) mass is 447 g/mol. The van der Waals surface area contributed by atoms with Gasteiger partial charge in [0, 0.05) is 25.1 Å². The molecule has 0 saturated heterocycles. The van der Waals surface area contributed by atoms with E-state index in [9.17, 15) is 9.59 Å². The maximum Gasteiger partial charge on any atom is 0.262 e. The molecule has 1 aromatic carbocycles. The smallest absolute Gasteiger partial charge is 0.262 e. The summed E-state index contributed by atoms with van der Waals surface area (Å²) in [5.74, 6) is 1.68. The molecule has 1 amide bonds. The Kier molecular flexibility index (Phi) is 8.12. The first-order chi connectivity index (χ1) is 14.9.